The standard InChI is InChI=1S/C21H15F3N6O2/c22-21(23,24)18-6-8-29-19(32)9-16(15-5-7-26-12-27-15)28-20(29)30(18)11-17(31)14-3-1-13(10-25)2-4-14/h1-5,7,9,12,18H,6,8,11H2. The van der Waals surface area contributed by atoms with E-state index in [1.54, 1.807) is 0 Å². The maximum atomic E-state index is 13.8. The van der Waals surface area contributed by atoms with Crippen molar-refractivity contribution in [3.63, 3.8) is 0 Å². The summed E-state index contributed by atoms with van der Waals surface area (Å²) >= 11 is 0. The number of fused-ring (bicyclic) bond motifs is 1. The van der Waals surface area contributed by atoms with Crippen LogP contribution in [0.5, 0.6) is 0 Å². The van der Waals surface area contributed by atoms with Gasteiger partial charge in [-0.2, -0.15) is 18.4 Å². The van der Waals surface area contributed by atoms with Crippen molar-refractivity contribution in [2.75, 3.05) is 11.4 Å². The molecule has 0 aliphatic carbocycles. The van der Waals surface area contributed by atoms with Crippen LogP contribution in [0.25, 0.3) is 11.4 Å². The van der Waals surface area contributed by atoms with Crippen LogP contribution in [0.15, 0.2) is 53.7 Å². The maximum Gasteiger partial charge on any atom is 0.408 e. The molecule has 32 heavy (non-hydrogen) atoms. The molecule has 0 saturated heterocycles. The van der Waals surface area contributed by atoms with Crippen molar-refractivity contribution in [1.29, 1.82) is 5.26 Å². The first-order valence-corrected chi connectivity index (χ1v) is 9.53. The Labute approximate surface area is 179 Å². The molecule has 2 aromatic heterocycles. The highest BCUT2D eigenvalue weighted by atomic mass is 19.4. The summed E-state index contributed by atoms with van der Waals surface area (Å²) < 4.78 is 42.6. The van der Waals surface area contributed by atoms with Crippen molar-refractivity contribution in [3.05, 3.63) is 70.4 Å². The van der Waals surface area contributed by atoms with E-state index in [1.807, 2.05) is 6.07 Å². The van der Waals surface area contributed by atoms with Gasteiger partial charge in [0.15, 0.2) is 5.78 Å². The number of rotatable bonds is 4. The zero-order chi connectivity index (χ0) is 22.9. The number of nitrogens with zero attached hydrogens (tertiary/aromatic N) is 6. The van der Waals surface area contributed by atoms with Crippen LogP contribution in [0.1, 0.15) is 22.3 Å². The average molecular weight is 440 g/mol. The summed E-state index contributed by atoms with van der Waals surface area (Å²) in [5.74, 6) is -0.847. The Balaban J connectivity index is 1.77. The molecule has 3 heterocycles. The Morgan fingerprint density at radius 2 is 1.94 bits per heavy atom. The van der Waals surface area contributed by atoms with Gasteiger partial charge in [-0.05, 0) is 24.6 Å². The first kappa shape index (κ1) is 21.2. The number of Topliss-reactive ketones (excluding diaryl/α,β-unsaturated/α-hetero) is 1. The molecule has 162 valence electrons. The minimum atomic E-state index is -4.64. The highest BCUT2D eigenvalue weighted by Gasteiger charge is 2.47. The third kappa shape index (κ3) is 4.07. The summed E-state index contributed by atoms with van der Waals surface area (Å²) in [7, 11) is 0. The van der Waals surface area contributed by atoms with Crippen LogP contribution >= 0.6 is 0 Å². The van der Waals surface area contributed by atoms with Gasteiger partial charge in [-0.3, -0.25) is 14.2 Å². The number of hydrogen-bond donors (Lipinski definition) is 0. The van der Waals surface area contributed by atoms with Gasteiger partial charge in [0.05, 0.1) is 29.6 Å². The Kier molecular flexibility index (Phi) is 5.44. The number of benzene rings is 1. The Morgan fingerprint density at radius 1 is 1.19 bits per heavy atom. The van der Waals surface area contributed by atoms with Gasteiger partial charge in [-0.1, -0.05) is 12.1 Å². The molecule has 0 N–H and O–H groups in total. The molecule has 1 aliphatic heterocycles. The normalized spacial score (nSPS) is 15.7. The van der Waals surface area contributed by atoms with Crippen molar-refractivity contribution in [2.24, 2.45) is 0 Å². The number of hydrogen-bond acceptors (Lipinski definition) is 7. The largest absolute Gasteiger partial charge is 0.408 e. The van der Waals surface area contributed by atoms with Crippen LogP contribution in [-0.2, 0) is 6.54 Å². The molecule has 1 atom stereocenters. The summed E-state index contributed by atoms with van der Waals surface area (Å²) in [6.45, 7) is -0.827. The molecule has 3 aromatic rings. The lowest BCUT2D eigenvalue weighted by Gasteiger charge is -2.38. The van der Waals surface area contributed by atoms with Crippen molar-refractivity contribution in [1.82, 2.24) is 19.5 Å². The van der Waals surface area contributed by atoms with E-state index < -0.39 is 36.5 Å². The van der Waals surface area contributed by atoms with E-state index in [1.165, 1.54) is 48.9 Å². The molecule has 0 fully saturated rings. The fourth-order valence-electron chi connectivity index (χ4n) is 3.54. The number of anilines is 1. The number of aromatic nitrogens is 4. The van der Waals surface area contributed by atoms with Crippen molar-refractivity contribution in [2.45, 2.75) is 25.2 Å². The fourth-order valence-corrected chi connectivity index (χ4v) is 3.54. The van der Waals surface area contributed by atoms with Gasteiger partial charge >= 0.3 is 6.18 Å². The molecule has 1 aromatic carbocycles. The predicted molar refractivity (Wildman–Crippen MR) is 107 cm³/mol. The monoisotopic (exact) mass is 440 g/mol. The lowest BCUT2D eigenvalue weighted by molar-refractivity contribution is -0.152. The van der Waals surface area contributed by atoms with Gasteiger partial charge < -0.3 is 4.90 Å². The van der Waals surface area contributed by atoms with Crippen molar-refractivity contribution >= 4 is 11.7 Å². The smallest absolute Gasteiger partial charge is 0.322 e. The first-order valence-electron chi connectivity index (χ1n) is 9.53. The van der Waals surface area contributed by atoms with Crippen molar-refractivity contribution in [3.8, 4) is 17.5 Å². The maximum absolute atomic E-state index is 13.8. The molecule has 0 bridgehead atoms. The second-order valence-corrected chi connectivity index (χ2v) is 7.11. The molecule has 0 saturated carbocycles. The second kappa shape index (κ2) is 8.22. The van der Waals surface area contributed by atoms with Gasteiger partial charge in [0.1, 0.15) is 12.4 Å². The van der Waals surface area contributed by atoms with Crippen LogP contribution in [0.3, 0.4) is 0 Å². The molecule has 4 rings (SSSR count). The number of alkyl halides is 3. The van der Waals surface area contributed by atoms with Crippen LogP contribution < -0.4 is 10.5 Å². The van der Waals surface area contributed by atoms with E-state index in [0.29, 0.717) is 5.56 Å². The van der Waals surface area contributed by atoms with Crippen molar-refractivity contribution < 1.29 is 18.0 Å². The molecule has 0 spiro atoms. The minimum Gasteiger partial charge on any atom is -0.322 e. The van der Waals surface area contributed by atoms with Crippen LogP contribution in [-0.4, -0.2) is 44.1 Å². The molecule has 1 unspecified atom stereocenters. The van der Waals surface area contributed by atoms with Gasteiger partial charge in [-0.15, -0.1) is 0 Å². The zero-order valence-electron chi connectivity index (χ0n) is 16.5. The van der Waals surface area contributed by atoms with E-state index in [-0.39, 0.29) is 29.4 Å². The summed E-state index contributed by atoms with van der Waals surface area (Å²) in [4.78, 5) is 38.3. The number of halogens is 3. The number of nitriles is 1. The van der Waals surface area contributed by atoms with Crippen LogP contribution in [0, 0.1) is 11.3 Å². The minimum absolute atomic E-state index is 0.0855. The van der Waals surface area contributed by atoms with Gasteiger partial charge in [-0.25, -0.2) is 15.0 Å². The predicted octanol–water partition coefficient (Wildman–Crippen LogP) is 2.60. The van der Waals surface area contributed by atoms with Crippen LogP contribution in [0.4, 0.5) is 19.1 Å². The number of carbonyl (C=O) groups excluding carboxylic acids is 1. The highest BCUT2D eigenvalue weighted by Crippen LogP contribution is 2.34. The molecular formula is C21H15F3N6O2. The van der Waals surface area contributed by atoms with E-state index in [9.17, 15) is 22.8 Å². The number of carbonyl (C=O) groups is 1. The third-order valence-electron chi connectivity index (χ3n) is 5.12. The number of ketones is 1. The SMILES string of the molecule is N#Cc1ccc(C(=O)CN2c3nc(-c4ccncn4)cc(=O)n3CCC2C(F)(F)F)cc1. The van der Waals surface area contributed by atoms with E-state index in [0.717, 1.165) is 9.47 Å². The van der Waals surface area contributed by atoms with Gasteiger partial charge in [0.2, 0.25) is 5.95 Å². The average Bonchev–Trinajstić information content (AvgIpc) is 2.79. The lowest BCUT2D eigenvalue weighted by Crippen LogP contribution is -2.54. The van der Waals surface area contributed by atoms with E-state index >= 15 is 0 Å². The first-order chi connectivity index (χ1) is 15.3. The quantitative estimate of drug-likeness (QED) is 0.574. The van der Waals surface area contributed by atoms with Gasteiger partial charge in [0, 0.05) is 24.4 Å². The van der Waals surface area contributed by atoms with E-state index in [2.05, 4.69) is 15.0 Å². The molecular weight excluding hydrogens is 425 g/mol. The molecule has 1 aliphatic rings. The highest BCUT2D eigenvalue weighted by molar-refractivity contribution is 5.99. The Hall–Kier alpha value is -4.07. The summed E-state index contributed by atoms with van der Waals surface area (Å²) in [6, 6.07) is 8.18. The van der Waals surface area contributed by atoms with E-state index in [4.69, 9.17) is 5.26 Å². The third-order valence-corrected chi connectivity index (χ3v) is 5.12. The summed E-state index contributed by atoms with van der Waals surface area (Å²) in [6.07, 6.45) is -2.38. The lowest BCUT2D eigenvalue weighted by atomic mass is 10.1. The second-order valence-electron chi connectivity index (χ2n) is 7.11. The molecule has 11 heteroatoms. The Bertz CT molecular complexity index is 1250. The zero-order valence-corrected chi connectivity index (χ0v) is 16.5. The molecule has 0 amide bonds. The van der Waals surface area contributed by atoms with Crippen LogP contribution in [0.2, 0.25) is 0 Å². The summed E-state index contributed by atoms with van der Waals surface area (Å²) in [5.41, 5.74) is 0.285. The van der Waals surface area contributed by atoms with Gasteiger partial charge in [0.25, 0.3) is 5.56 Å². The topological polar surface area (TPSA) is 105 Å². The molecule has 8 nitrogen and oxygen atoms in total. The summed E-state index contributed by atoms with van der Waals surface area (Å²) in [5, 5.41) is 8.89. The fraction of sp³-hybridized carbons (Fsp3) is 0.238. The molecule has 0 radical (unpaired) electrons. The Morgan fingerprint density at radius 3 is 2.56 bits per heavy atom.